The summed E-state index contributed by atoms with van der Waals surface area (Å²) < 4.78 is 0. The largest absolute Gasteiger partial charge is 0.348 e. The predicted octanol–water partition coefficient (Wildman–Crippen LogP) is 3.76. The van der Waals surface area contributed by atoms with Crippen molar-refractivity contribution in [3.63, 3.8) is 0 Å². The number of rotatable bonds is 2. The molecule has 2 aliphatic rings. The molecule has 1 N–H and O–H groups in total. The fourth-order valence-corrected chi connectivity index (χ4v) is 4.65. The van der Waals surface area contributed by atoms with Gasteiger partial charge in [0.05, 0.1) is 11.7 Å². The molecule has 3 nitrogen and oxygen atoms in total. The lowest BCUT2D eigenvalue weighted by Crippen LogP contribution is -2.25. The van der Waals surface area contributed by atoms with Gasteiger partial charge in [0, 0.05) is 18.0 Å². The monoisotopic (exact) mass is 293 g/mol. The quantitative estimate of drug-likeness (QED) is 0.900. The number of hydrogen-bond donors (Lipinski definition) is 1. The molecule has 0 spiro atoms. The number of aryl methyl sites for hydroxylation is 1. The van der Waals surface area contributed by atoms with E-state index < -0.39 is 0 Å². The highest BCUT2D eigenvalue weighted by atomic mass is 32.1. The lowest BCUT2D eigenvalue weighted by molar-refractivity contribution is 0.325. The standard InChI is InChI=1S/C16H27N3S/c1-16(2)8-5-10-19(11-9-16)15-18-14-12(17-3)6-4-7-13(14)20-15/h12,17H,4-11H2,1-3H3. The number of fused-ring (bicyclic) bond motifs is 1. The molecule has 1 aliphatic heterocycles. The SMILES string of the molecule is CNC1CCCc2sc(N3CCCC(C)(C)CC3)nc21. The van der Waals surface area contributed by atoms with Gasteiger partial charge in [0.15, 0.2) is 5.13 Å². The third-order valence-electron chi connectivity index (χ3n) is 4.90. The number of anilines is 1. The second-order valence-electron chi connectivity index (χ2n) is 7.04. The van der Waals surface area contributed by atoms with E-state index in [1.165, 1.54) is 67.3 Å². The molecular weight excluding hydrogens is 266 g/mol. The Hall–Kier alpha value is -0.610. The summed E-state index contributed by atoms with van der Waals surface area (Å²) in [5.41, 5.74) is 1.83. The average Bonchev–Trinajstić information content (AvgIpc) is 2.77. The lowest BCUT2D eigenvalue weighted by Gasteiger charge is -2.23. The third kappa shape index (κ3) is 2.86. The summed E-state index contributed by atoms with van der Waals surface area (Å²) in [6.07, 6.45) is 7.69. The van der Waals surface area contributed by atoms with E-state index in [0.29, 0.717) is 11.5 Å². The first kappa shape index (κ1) is 14.3. The fourth-order valence-electron chi connectivity index (χ4n) is 3.44. The van der Waals surface area contributed by atoms with E-state index >= 15 is 0 Å². The first-order valence-corrected chi connectivity index (χ1v) is 8.82. The minimum atomic E-state index is 0.479. The van der Waals surface area contributed by atoms with Gasteiger partial charge in [-0.25, -0.2) is 4.98 Å². The minimum Gasteiger partial charge on any atom is -0.348 e. The molecule has 3 rings (SSSR count). The van der Waals surface area contributed by atoms with Crippen molar-refractivity contribution in [1.29, 1.82) is 0 Å². The highest BCUT2D eigenvalue weighted by molar-refractivity contribution is 7.15. The van der Waals surface area contributed by atoms with E-state index in [9.17, 15) is 0 Å². The van der Waals surface area contributed by atoms with E-state index in [1.54, 1.807) is 0 Å². The van der Waals surface area contributed by atoms with Crippen molar-refractivity contribution in [2.75, 3.05) is 25.0 Å². The van der Waals surface area contributed by atoms with Gasteiger partial charge in [-0.2, -0.15) is 0 Å². The summed E-state index contributed by atoms with van der Waals surface area (Å²) in [4.78, 5) is 9.05. The van der Waals surface area contributed by atoms with Crippen molar-refractivity contribution < 1.29 is 0 Å². The summed E-state index contributed by atoms with van der Waals surface area (Å²) in [6.45, 7) is 7.16. The van der Waals surface area contributed by atoms with Crippen LogP contribution in [-0.4, -0.2) is 25.1 Å². The van der Waals surface area contributed by atoms with Gasteiger partial charge in [0.25, 0.3) is 0 Å². The molecule has 1 aromatic heterocycles. The average molecular weight is 293 g/mol. The predicted molar refractivity (Wildman–Crippen MR) is 86.7 cm³/mol. The number of hydrogen-bond acceptors (Lipinski definition) is 4. The Morgan fingerprint density at radius 1 is 1.25 bits per heavy atom. The summed E-state index contributed by atoms with van der Waals surface area (Å²) in [5.74, 6) is 0. The van der Waals surface area contributed by atoms with Crippen LogP contribution in [-0.2, 0) is 6.42 Å². The van der Waals surface area contributed by atoms with Crippen molar-refractivity contribution in [2.45, 2.75) is 58.4 Å². The van der Waals surface area contributed by atoms with Gasteiger partial charge < -0.3 is 10.2 Å². The van der Waals surface area contributed by atoms with Crippen LogP contribution in [0.2, 0.25) is 0 Å². The first-order chi connectivity index (χ1) is 9.59. The Bertz CT molecular complexity index is 466. The Balaban J connectivity index is 1.79. The second-order valence-corrected chi connectivity index (χ2v) is 8.11. The molecule has 112 valence electrons. The van der Waals surface area contributed by atoms with E-state index in [-0.39, 0.29) is 0 Å². The molecule has 20 heavy (non-hydrogen) atoms. The van der Waals surface area contributed by atoms with Crippen molar-refractivity contribution in [3.05, 3.63) is 10.6 Å². The molecule has 1 aromatic rings. The van der Waals surface area contributed by atoms with Gasteiger partial charge in [-0.1, -0.05) is 13.8 Å². The van der Waals surface area contributed by atoms with Gasteiger partial charge in [-0.15, -0.1) is 11.3 Å². The Morgan fingerprint density at radius 3 is 2.90 bits per heavy atom. The highest BCUT2D eigenvalue weighted by Crippen LogP contribution is 2.38. The smallest absolute Gasteiger partial charge is 0.185 e. The molecule has 1 atom stereocenters. The van der Waals surface area contributed by atoms with Crippen LogP contribution >= 0.6 is 11.3 Å². The van der Waals surface area contributed by atoms with E-state index in [1.807, 2.05) is 11.3 Å². The number of nitrogens with zero attached hydrogens (tertiary/aromatic N) is 2. The summed E-state index contributed by atoms with van der Waals surface area (Å²) in [6, 6.07) is 0.479. The van der Waals surface area contributed by atoms with Crippen LogP contribution in [0, 0.1) is 5.41 Å². The molecule has 0 saturated carbocycles. The third-order valence-corrected chi connectivity index (χ3v) is 6.09. The van der Waals surface area contributed by atoms with Crippen LogP contribution in [0.1, 0.15) is 62.6 Å². The lowest BCUT2D eigenvalue weighted by atomic mass is 9.85. The fraction of sp³-hybridized carbons (Fsp3) is 0.812. The zero-order chi connectivity index (χ0) is 14.2. The molecule has 2 heterocycles. The van der Waals surface area contributed by atoms with E-state index in [0.717, 1.165) is 0 Å². The maximum atomic E-state index is 5.00. The Kier molecular flexibility index (Phi) is 4.04. The van der Waals surface area contributed by atoms with E-state index in [4.69, 9.17) is 4.98 Å². The number of aromatic nitrogens is 1. The Labute approximate surface area is 126 Å². The minimum absolute atomic E-state index is 0.479. The van der Waals surface area contributed by atoms with Crippen molar-refractivity contribution in [1.82, 2.24) is 10.3 Å². The Morgan fingerprint density at radius 2 is 2.10 bits per heavy atom. The van der Waals surface area contributed by atoms with Gasteiger partial charge in [0.2, 0.25) is 0 Å². The zero-order valence-electron chi connectivity index (χ0n) is 13.0. The van der Waals surface area contributed by atoms with Crippen LogP contribution in [0.5, 0.6) is 0 Å². The number of thiazole rings is 1. The van der Waals surface area contributed by atoms with Crippen LogP contribution in [0.3, 0.4) is 0 Å². The van der Waals surface area contributed by atoms with Crippen LogP contribution < -0.4 is 10.2 Å². The van der Waals surface area contributed by atoms with Crippen molar-refractivity contribution in [2.24, 2.45) is 5.41 Å². The maximum absolute atomic E-state index is 5.00. The highest BCUT2D eigenvalue weighted by Gasteiger charge is 2.28. The number of nitrogens with one attached hydrogen (secondary N) is 1. The molecule has 1 saturated heterocycles. The van der Waals surface area contributed by atoms with Crippen molar-refractivity contribution >= 4 is 16.5 Å². The molecule has 4 heteroatoms. The summed E-state index contributed by atoms with van der Waals surface area (Å²) >= 11 is 1.95. The summed E-state index contributed by atoms with van der Waals surface area (Å²) in [7, 11) is 2.06. The van der Waals surface area contributed by atoms with Crippen LogP contribution in [0.15, 0.2) is 0 Å². The molecular formula is C16H27N3S. The van der Waals surface area contributed by atoms with Crippen LogP contribution in [0.25, 0.3) is 0 Å². The first-order valence-electron chi connectivity index (χ1n) is 8.01. The molecule has 1 aliphatic carbocycles. The topological polar surface area (TPSA) is 28.2 Å². The van der Waals surface area contributed by atoms with Gasteiger partial charge in [-0.3, -0.25) is 0 Å². The molecule has 1 unspecified atom stereocenters. The second kappa shape index (κ2) is 5.64. The maximum Gasteiger partial charge on any atom is 0.185 e. The molecule has 0 aromatic carbocycles. The van der Waals surface area contributed by atoms with Gasteiger partial charge in [0.1, 0.15) is 0 Å². The normalized spacial score (nSPS) is 26.1. The molecule has 0 radical (unpaired) electrons. The van der Waals surface area contributed by atoms with Crippen molar-refractivity contribution in [3.8, 4) is 0 Å². The zero-order valence-corrected chi connectivity index (χ0v) is 13.9. The molecule has 0 amide bonds. The van der Waals surface area contributed by atoms with Crippen LogP contribution in [0.4, 0.5) is 5.13 Å². The summed E-state index contributed by atoms with van der Waals surface area (Å²) in [5, 5.41) is 4.70. The van der Waals surface area contributed by atoms with Gasteiger partial charge in [-0.05, 0) is 51.0 Å². The molecule has 1 fully saturated rings. The van der Waals surface area contributed by atoms with E-state index in [2.05, 4.69) is 31.1 Å². The molecule has 0 bridgehead atoms. The van der Waals surface area contributed by atoms with Gasteiger partial charge >= 0.3 is 0 Å².